The normalized spacial score (nSPS) is 12.2. The first kappa shape index (κ1) is 60.6. The summed E-state index contributed by atoms with van der Waals surface area (Å²) < 4.78 is 16.8. The molecule has 0 aromatic heterocycles. The number of carbonyl (C=O) groups is 3. The van der Waals surface area contributed by atoms with Crippen LogP contribution in [0.25, 0.3) is 0 Å². The first-order chi connectivity index (χ1) is 31.0. The minimum absolute atomic E-state index is 0.0759. The van der Waals surface area contributed by atoms with Crippen LogP contribution in [0, 0.1) is 0 Å². The zero-order valence-corrected chi connectivity index (χ0v) is 42.1. The van der Waals surface area contributed by atoms with Crippen LogP contribution in [-0.4, -0.2) is 37.2 Å². The number of allylic oxidation sites excluding steroid dienone is 6. The fourth-order valence-corrected chi connectivity index (χ4v) is 7.93. The average Bonchev–Trinajstić information content (AvgIpc) is 3.28. The van der Waals surface area contributed by atoms with Crippen molar-refractivity contribution in [3.63, 3.8) is 0 Å². The minimum atomic E-state index is -0.775. The Kier molecular flexibility index (Phi) is 50.3. The van der Waals surface area contributed by atoms with Gasteiger partial charge in [0.25, 0.3) is 0 Å². The third kappa shape index (κ3) is 50.5. The molecule has 0 aliphatic rings. The van der Waals surface area contributed by atoms with Crippen molar-refractivity contribution in [3.05, 3.63) is 36.5 Å². The first-order valence-corrected chi connectivity index (χ1v) is 27.5. The third-order valence-electron chi connectivity index (χ3n) is 12.1. The van der Waals surface area contributed by atoms with Gasteiger partial charge in [-0.1, -0.05) is 237 Å². The summed E-state index contributed by atoms with van der Waals surface area (Å²) in [5.41, 5.74) is 0. The zero-order valence-electron chi connectivity index (χ0n) is 42.1. The van der Waals surface area contributed by atoms with Crippen LogP contribution in [0.5, 0.6) is 0 Å². The van der Waals surface area contributed by atoms with Crippen LogP contribution in [-0.2, 0) is 28.6 Å². The largest absolute Gasteiger partial charge is 0.462 e. The van der Waals surface area contributed by atoms with Crippen molar-refractivity contribution in [2.24, 2.45) is 0 Å². The van der Waals surface area contributed by atoms with E-state index >= 15 is 0 Å². The Morgan fingerprint density at radius 3 is 0.968 bits per heavy atom. The summed E-state index contributed by atoms with van der Waals surface area (Å²) in [4.78, 5) is 38.0. The molecule has 0 unspecified atom stereocenters. The monoisotopic (exact) mass is 885 g/mol. The number of ether oxygens (including phenoxy) is 3. The van der Waals surface area contributed by atoms with Crippen molar-refractivity contribution in [2.45, 2.75) is 297 Å². The van der Waals surface area contributed by atoms with Gasteiger partial charge >= 0.3 is 17.9 Å². The van der Waals surface area contributed by atoms with Gasteiger partial charge in [-0.3, -0.25) is 14.4 Å². The van der Waals surface area contributed by atoms with E-state index in [-0.39, 0.29) is 31.1 Å². The van der Waals surface area contributed by atoms with E-state index in [2.05, 4.69) is 57.2 Å². The SMILES string of the molecule is CCCC/C=C\CCCCCCCC(=O)OC[C@@H](COC(=O)CCCCCCCCC/C=C\C/C=C\CCCCC)OC(=O)CCCCCCCCCCCCCCCCCCC. The number of esters is 3. The highest BCUT2D eigenvalue weighted by Crippen LogP contribution is 2.16. The summed E-state index contributed by atoms with van der Waals surface area (Å²) in [5.74, 6) is -0.879. The Labute approximate surface area is 391 Å². The highest BCUT2D eigenvalue weighted by atomic mass is 16.6. The molecule has 0 radical (unpaired) electrons. The molecule has 1 atom stereocenters. The molecule has 0 rings (SSSR count). The summed E-state index contributed by atoms with van der Waals surface area (Å²) in [6.07, 6.45) is 61.3. The molecular weight excluding hydrogens is 781 g/mol. The second-order valence-corrected chi connectivity index (χ2v) is 18.5. The predicted octanol–water partition coefficient (Wildman–Crippen LogP) is 18.1. The lowest BCUT2D eigenvalue weighted by Crippen LogP contribution is -2.30. The van der Waals surface area contributed by atoms with E-state index < -0.39 is 6.10 Å². The lowest BCUT2D eigenvalue weighted by Gasteiger charge is -2.18. The van der Waals surface area contributed by atoms with Gasteiger partial charge < -0.3 is 14.2 Å². The van der Waals surface area contributed by atoms with Crippen LogP contribution >= 0.6 is 0 Å². The Morgan fingerprint density at radius 1 is 0.317 bits per heavy atom. The van der Waals surface area contributed by atoms with Gasteiger partial charge in [-0.25, -0.2) is 0 Å². The van der Waals surface area contributed by atoms with Crippen LogP contribution in [0.4, 0.5) is 0 Å². The van der Waals surface area contributed by atoms with Crippen molar-refractivity contribution in [1.29, 1.82) is 0 Å². The zero-order chi connectivity index (χ0) is 45.8. The maximum absolute atomic E-state index is 12.8. The minimum Gasteiger partial charge on any atom is -0.462 e. The number of hydrogen-bond donors (Lipinski definition) is 0. The summed E-state index contributed by atoms with van der Waals surface area (Å²) in [5, 5.41) is 0. The van der Waals surface area contributed by atoms with Gasteiger partial charge in [-0.05, 0) is 70.6 Å². The van der Waals surface area contributed by atoms with E-state index in [0.717, 1.165) is 77.0 Å². The first-order valence-electron chi connectivity index (χ1n) is 27.5. The molecule has 6 nitrogen and oxygen atoms in total. The second kappa shape index (κ2) is 52.3. The van der Waals surface area contributed by atoms with E-state index in [1.165, 1.54) is 173 Å². The van der Waals surface area contributed by atoms with Gasteiger partial charge in [0.05, 0.1) is 0 Å². The highest BCUT2D eigenvalue weighted by Gasteiger charge is 2.19. The molecule has 0 aromatic carbocycles. The summed E-state index contributed by atoms with van der Waals surface area (Å²) in [6.45, 7) is 6.59. The molecule has 0 aliphatic heterocycles. The molecule has 368 valence electrons. The second-order valence-electron chi connectivity index (χ2n) is 18.5. The van der Waals surface area contributed by atoms with Crippen LogP contribution in [0.3, 0.4) is 0 Å². The Hall–Kier alpha value is -2.37. The fraction of sp³-hybridized carbons (Fsp3) is 0.842. The molecule has 0 aliphatic carbocycles. The average molecular weight is 885 g/mol. The van der Waals surface area contributed by atoms with Crippen molar-refractivity contribution in [1.82, 2.24) is 0 Å². The number of carbonyl (C=O) groups excluding carboxylic acids is 3. The van der Waals surface area contributed by atoms with E-state index in [0.29, 0.717) is 19.3 Å². The molecule has 0 fully saturated rings. The smallest absolute Gasteiger partial charge is 0.306 e. The Morgan fingerprint density at radius 2 is 0.587 bits per heavy atom. The predicted molar refractivity (Wildman–Crippen MR) is 270 cm³/mol. The van der Waals surface area contributed by atoms with Gasteiger partial charge in [-0.2, -0.15) is 0 Å². The molecule has 0 N–H and O–H groups in total. The van der Waals surface area contributed by atoms with E-state index in [1.54, 1.807) is 0 Å². The van der Waals surface area contributed by atoms with Crippen molar-refractivity contribution in [2.75, 3.05) is 13.2 Å². The van der Waals surface area contributed by atoms with Crippen molar-refractivity contribution < 1.29 is 28.6 Å². The van der Waals surface area contributed by atoms with Crippen LogP contribution in [0.2, 0.25) is 0 Å². The van der Waals surface area contributed by atoms with E-state index in [9.17, 15) is 14.4 Å². The van der Waals surface area contributed by atoms with Gasteiger partial charge in [0.2, 0.25) is 0 Å². The van der Waals surface area contributed by atoms with Crippen molar-refractivity contribution >= 4 is 17.9 Å². The van der Waals surface area contributed by atoms with Crippen LogP contribution in [0.1, 0.15) is 290 Å². The molecule has 0 saturated heterocycles. The van der Waals surface area contributed by atoms with Gasteiger partial charge in [0.1, 0.15) is 13.2 Å². The molecule has 0 spiro atoms. The van der Waals surface area contributed by atoms with Crippen LogP contribution < -0.4 is 0 Å². The summed E-state index contributed by atoms with van der Waals surface area (Å²) in [6, 6.07) is 0. The number of hydrogen-bond acceptors (Lipinski definition) is 6. The molecule has 6 heteroatoms. The van der Waals surface area contributed by atoms with E-state index in [4.69, 9.17) is 14.2 Å². The lowest BCUT2D eigenvalue weighted by molar-refractivity contribution is -0.167. The highest BCUT2D eigenvalue weighted by molar-refractivity contribution is 5.71. The third-order valence-corrected chi connectivity index (χ3v) is 12.1. The van der Waals surface area contributed by atoms with E-state index in [1.807, 2.05) is 0 Å². The lowest BCUT2D eigenvalue weighted by atomic mass is 10.0. The summed E-state index contributed by atoms with van der Waals surface area (Å²) in [7, 11) is 0. The summed E-state index contributed by atoms with van der Waals surface area (Å²) >= 11 is 0. The Bertz CT molecular complexity index is 1060. The molecule has 63 heavy (non-hydrogen) atoms. The quantitative estimate of drug-likeness (QED) is 0.0262. The van der Waals surface area contributed by atoms with Gasteiger partial charge in [0, 0.05) is 19.3 Å². The molecule has 0 aromatic rings. The molecular formula is C57H104O6. The molecule has 0 saturated carbocycles. The Balaban J connectivity index is 4.33. The molecule has 0 heterocycles. The maximum atomic E-state index is 12.8. The molecule has 0 bridgehead atoms. The number of rotatable bonds is 50. The topological polar surface area (TPSA) is 78.9 Å². The molecule has 0 amide bonds. The van der Waals surface area contributed by atoms with Gasteiger partial charge in [0.15, 0.2) is 6.10 Å². The van der Waals surface area contributed by atoms with Crippen molar-refractivity contribution in [3.8, 4) is 0 Å². The maximum Gasteiger partial charge on any atom is 0.306 e. The number of unbranched alkanes of at least 4 members (excludes halogenated alkanes) is 33. The van der Waals surface area contributed by atoms with Crippen LogP contribution in [0.15, 0.2) is 36.5 Å². The standard InChI is InChI=1S/C57H104O6/c1-4-7-10-13-16-19-22-24-26-28-30-32-35-38-41-44-47-50-56(59)62-53-54(52-61-55(58)49-46-43-40-37-34-21-18-15-12-9-6-3)63-57(60)51-48-45-42-39-36-33-31-29-27-25-23-20-17-14-11-8-5-2/h15-16,18-19,24,26,54H,4-14,17,20-23,25,27-53H2,1-3H3/b18-15-,19-16-,26-24-/t54-/m0/s1. The van der Waals surface area contributed by atoms with Gasteiger partial charge in [-0.15, -0.1) is 0 Å². The fourth-order valence-electron chi connectivity index (χ4n) is 7.93.